The highest BCUT2D eigenvalue weighted by molar-refractivity contribution is 6.01. The van der Waals surface area contributed by atoms with Crippen LogP contribution in [0.4, 0.5) is 5.69 Å². The highest BCUT2D eigenvalue weighted by Gasteiger charge is 2.23. The van der Waals surface area contributed by atoms with E-state index in [1.807, 2.05) is 43.7 Å². The molecule has 1 aliphatic heterocycles. The van der Waals surface area contributed by atoms with Crippen molar-refractivity contribution in [3.05, 3.63) is 72.6 Å². The van der Waals surface area contributed by atoms with Crippen molar-refractivity contribution < 1.29 is 4.79 Å². The lowest BCUT2D eigenvalue weighted by Crippen LogP contribution is -2.20. The van der Waals surface area contributed by atoms with Gasteiger partial charge in [-0.15, -0.1) is 0 Å². The lowest BCUT2D eigenvalue weighted by atomic mass is 10.00. The Hall–Kier alpha value is -2.94. The van der Waals surface area contributed by atoms with Crippen molar-refractivity contribution in [1.29, 1.82) is 0 Å². The van der Waals surface area contributed by atoms with Crippen LogP contribution in [0.25, 0.3) is 22.3 Å². The van der Waals surface area contributed by atoms with Crippen molar-refractivity contribution in [2.75, 3.05) is 11.9 Å². The van der Waals surface area contributed by atoms with Gasteiger partial charge in [-0.25, -0.2) is 0 Å². The molecule has 23 heavy (non-hydrogen) atoms. The molecule has 0 atom stereocenters. The molecule has 3 heteroatoms. The van der Waals surface area contributed by atoms with Crippen LogP contribution in [0.1, 0.15) is 5.56 Å². The molecule has 1 aromatic heterocycles. The van der Waals surface area contributed by atoms with Gasteiger partial charge in [-0.05, 0) is 34.9 Å². The normalized spacial score (nSPS) is 13.3. The van der Waals surface area contributed by atoms with Gasteiger partial charge in [-0.3, -0.25) is 9.78 Å². The van der Waals surface area contributed by atoms with Crippen molar-refractivity contribution in [2.24, 2.45) is 0 Å². The summed E-state index contributed by atoms with van der Waals surface area (Å²) in [5, 5.41) is 0. The van der Waals surface area contributed by atoms with Crippen molar-refractivity contribution in [3.8, 4) is 22.3 Å². The summed E-state index contributed by atoms with van der Waals surface area (Å²) < 4.78 is 0. The standard InChI is InChI=1S/C20H16N2O/c1-22-19-8-7-15(9-16(19)11-20(22)23)18-10-17(12-21-13-18)14-5-3-2-4-6-14/h2-10,12-13H,11H2,1H3. The summed E-state index contributed by atoms with van der Waals surface area (Å²) in [4.78, 5) is 17.9. The fourth-order valence-corrected chi connectivity index (χ4v) is 3.04. The number of benzene rings is 2. The number of carbonyl (C=O) groups excluding carboxylic acids is 1. The Morgan fingerprint density at radius 1 is 0.870 bits per heavy atom. The van der Waals surface area contributed by atoms with Crippen molar-refractivity contribution in [1.82, 2.24) is 4.98 Å². The summed E-state index contributed by atoms with van der Waals surface area (Å²) in [7, 11) is 1.82. The van der Waals surface area contributed by atoms with E-state index in [4.69, 9.17) is 0 Å². The molecule has 0 fully saturated rings. The van der Waals surface area contributed by atoms with Gasteiger partial charge in [0.25, 0.3) is 0 Å². The maximum atomic E-state index is 11.8. The van der Waals surface area contributed by atoms with Gasteiger partial charge < -0.3 is 4.90 Å². The quantitative estimate of drug-likeness (QED) is 0.718. The minimum absolute atomic E-state index is 0.147. The molecule has 0 saturated heterocycles. The van der Waals surface area contributed by atoms with Crippen molar-refractivity contribution >= 4 is 11.6 Å². The van der Waals surface area contributed by atoms with Gasteiger partial charge in [0.1, 0.15) is 0 Å². The van der Waals surface area contributed by atoms with E-state index in [0.717, 1.165) is 33.5 Å². The molecule has 1 amide bonds. The summed E-state index contributed by atoms with van der Waals surface area (Å²) in [5.74, 6) is 0.147. The third-order valence-corrected chi connectivity index (χ3v) is 4.34. The topological polar surface area (TPSA) is 33.2 Å². The summed E-state index contributed by atoms with van der Waals surface area (Å²) in [6, 6.07) is 18.5. The lowest BCUT2D eigenvalue weighted by molar-refractivity contribution is -0.117. The smallest absolute Gasteiger partial charge is 0.231 e. The van der Waals surface area contributed by atoms with Crippen LogP contribution >= 0.6 is 0 Å². The molecular weight excluding hydrogens is 284 g/mol. The first-order valence-electron chi connectivity index (χ1n) is 7.63. The minimum atomic E-state index is 0.147. The molecule has 0 N–H and O–H groups in total. The molecule has 3 nitrogen and oxygen atoms in total. The van der Waals surface area contributed by atoms with E-state index >= 15 is 0 Å². The molecule has 0 radical (unpaired) electrons. The molecule has 0 saturated carbocycles. The van der Waals surface area contributed by atoms with Crippen LogP contribution in [0, 0.1) is 0 Å². The van der Waals surface area contributed by atoms with E-state index in [9.17, 15) is 4.79 Å². The number of hydrogen-bond donors (Lipinski definition) is 0. The number of hydrogen-bond acceptors (Lipinski definition) is 2. The Bertz CT molecular complexity index is 887. The number of pyridine rings is 1. The zero-order valence-electron chi connectivity index (χ0n) is 12.9. The third-order valence-electron chi connectivity index (χ3n) is 4.34. The first kappa shape index (κ1) is 13.7. The van der Waals surface area contributed by atoms with Gasteiger partial charge in [0.15, 0.2) is 0 Å². The van der Waals surface area contributed by atoms with Gasteiger partial charge >= 0.3 is 0 Å². The molecule has 0 spiro atoms. The number of aromatic nitrogens is 1. The predicted molar refractivity (Wildman–Crippen MR) is 92.2 cm³/mol. The fraction of sp³-hybridized carbons (Fsp3) is 0.100. The maximum absolute atomic E-state index is 11.8. The summed E-state index contributed by atoms with van der Waals surface area (Å²) >= 11 is 0. The van der Waals surface area contributed by atoms with E-state index in [-0.39, 0.29) is 5.91 Å². The number of rotatable bonds is 2. The highest BCUT2D eigenvalue weighted by atomic mass is 16.2. The minimum Gasteiger partial charge on any atom is -0.315 e. The predicted octanol–water partition coefficient (Wildman–Crippen LogP) is 3.93. The molecule has 2 aromatic carbocycles. The lowest BCUT2D eigenvalue weighted by Gasteiger charge is -2.11. The second-order valence-corrected chi connectivity index (χ2v) is 5.80. The number of carbonyl (C=O) groups is 1. The summed E-state index contributed by atoms with van der Waals surface area (Å²) in [6.45, 7) is 0. The summed E-state index contributed by atoms with van der Waals surface area (Å²) in [6.07, 6.45) is 4.23. The first-order chi connectivity index (χ1) is 11.2. The Morgan fingerprint density at radius 3 is 2.39 bits per heavy atom. The number of anilines is 1. The number of nitrogens with zero attached hydrogens (tertiary/aromatic N) is 2. The second kappa shape index (κ2) is 5.36. The highest BCUT2D eigenvalue weighted by Crippen LogP contribution is 2.33. The Morgan fingerprint density at radius 2 is 1.61 bits per heavy atom. The molecule has 0 aliphatic carbocycles. The fourth-order valence-electron chi connectivity index (χ4n) is 3.04. The van der Waals surface area contributed by atoms with E-state index in [1.54, 1.807) is 4.90 Å². The Balaban J connectivity index is 1.75. The van der Waals surface area contributed by atoms with Gasteiger partial charge in [0, 0.05) is 36.3 Å². The Labute approximate surface area is 135 Å². The van der Waals surface area contributed by atoms with E-state index < -0.39 is 0 Å². The molecular formula is C20H16N2O. The molecule has 3 aromatic rings. The molecule has 112 valence electrons. The van der Waals surface area contributed by atoms with Crippen LogP contribution in [0.5, 0.6) is 0 Å². The largest absolute Gasteiger partial charge is 0.315 e. The maximum Gasteiger partial charge on any atom is 0.231 e. The SMILES string of the molecule is CN1C(=O)Cc2cc(-c3cncc(-c4ccccc4)c3)ccc21. The van der Waals surface area contributed by atoms with Crippen LogP contribution < -0.4 is 4.90 Å². The Kier molecular flexibility index (Phi) is 3.19. The molecule has 1 aliphatic rings. The van der Waals surface area contributed by atoms with Gasteiger partial charge in [-0.1, -0.05) is 36.4 Å². The van der Waals surface area contributed by atoms with E-state index in [1.165, 1.54) is 0 Å². The van der Waals surface area contributed by atoms with Crippen LogP contribution in [0.15, 0.2) is 67.0 Å². The first-order valence-corrected chi connectivity index (χ1v) is 7.63. The zero-order chi connectivity index (χ0) is 15.8. The number of fused-ring (bicyclic) bond motifs is 1. The molecule has 0 unspecified atom stereocenters. The van der Waals surface area contributed by atoms with Gasteiger partial charge in [-0.2, -0.15) is 0 Å². The molecule has 4 rings (SSSR count). The molecule has 0 bridgehead atoms. The van der Waals surface area contributed by atoms with E-state index in [2.05, 4.69) is 35.3 Å². The van der Waals surface area contributed by atoms with Crippen molar-refractivity contribution in [3.63, 3.8) is 0 Å². The number of amides is 1. The van der Waals surface area contributed by atoms with E-state index in [0.29, 0.717) is 6.42 Å². The van der Waals surface area contributed by atoms with Crippen molar-refractivity contribution in [2.45, 2.75) is 6.42 Å². The summed E-state index contributed by atoms with van der Waals surface area (Å²) in [5.41, 5.74) is 6.49. The molecule has 2 heterocycles. The third kappa shape index (κ3) is 2.40. The average molecular weight is 300 g/mol. The van der Waals surface area contributed by atoms with Crippen LogP contribution in [0.2, 0.25) is 0 Å². The van der Waals surface area contributed by atoms with Crippen LogP contribution in [0.3, 0.4) is 0 Å². The number of likely N-dealkylation sites (N-methyl/N-ethyl adjacent to an activating group) is 1. The van der Waals surface area contributed by atoms with Crippen LogP contribution in [-0.2, 0) is 11.2 Å². The second-order valence-electron chi connectivity index (χ2n) is 5.80. The van der Waals surface area contributed by atoms with Crippen LogP contribution in [-0.4, -0.2) is 17.9 Å². The zero-order valence-corrected chi connectivity index (χ0v) is 12.9. The average Bonchev–Trinajstić information content (AvgIpc) is 2.89. The van der Waals surface area contributed by atoms with Gasteiger partial charge in [0.05, 0.1) is 6.42 Å². The monoisotopic (exact) mass is 300 g/mol. The van der Waals surface area contributed by atoms with Gasteiger partial charge in [0.2, 0.25) is 5.91 Å².